The fraction of sp³-hybridized carbons (Fsp3) is 0.0909. The second-order valence-electron chi connectivity index (χ2n) is 3.13. The Hall–Kier alpha value is -1.57. The number of thiazole rings is 1. The van der Waals surface area contributed by atoms with Gasteiger partial charge in [0.15, 0.2) is 4.47 Å². The van der Waals surface area contributed by atoms with E-state index < -0.39 is 0 Å². The number of nitriles is 1. The minimum absolute atomic E-state index is 0.544. The van der Waals surface area contributed by atoms with Crippen molar-refractivity contribution in [2.75, 3.05) is 5.32 Å². The molecule has 3 nitrogen and oxygen atoms in total. The normalized spacial score (nSPS) is 9.75. The van der Waals surface area contributed by atoms with Crippen molar-refractivity contribution in [3.05, 3.63) is 45.4 Å². The maximum Gasteiger partial charge on any atom is 0.183 e. The number of benzene rings is 1. The number of aromatic nitrogens is 1. The van der Waals surface area contributed by atoms with Crippen LogP contribution < -0.4 is 5.32 Å². The molecule has 0 aliphatic carbocycles. The second kappa shape index (κ2) is 4.97. The summed E-state index contributed by atoms with van der Waals surface area (Å²) in [5.74, 6) is 0. The van der Waals surface area contributed by atoms with Crippen LogP contribution in [-0.2, 0) is 6.54 Å². The molecular formula is C11H8ClN3S. The minimum Gasteiger partial charge on any atom is -0.380 e. The Balaban J connectivity index is 2.02. The quantitative estimate of drug-likeness (QED) is 0.908. The van der Waals surface area contributed by atoms with Crippen molar-refractivity contribution in [3.8, 4) is 6.07 Å². The first-order valence-corrected chi connectivity index (χ1v) is 5.81. The van der Waals surface area contributed by atoms with Crippen LogP contribution in [0, 0.1) is 11.3 Å². The molecule has 0 saturated heterocycles. The van der Waals surface area contributed by atoms with E-state index in [0.717, 1.165) is 10.6 Å². The van der Waals surface area contributed by atoms with Crippen LogP contribution in [0.25, 0.3) is 0 Å². The lowest BCUT2D eigenvalue weighted by Crippen LogP contribution is -1.97. The number of nitrogens with zero attached hydrogens (tertiary/aromatic N) is 2. The van der Waals surface area contributed by atoms with Crippen molar-refractivity contribution >= 4 is 28.6 Å². The molecule has 0 saturated carbocycles. The first-order valence-electron chi connectivity index (χ1n) is 4.62. The van der Waals surface area contributed by atoms with Gasteiger partial charge in [-0.2, -0.15) is 5.26 Å². The monoisotopic (exact) mass is 249 g/mol. The lowest BCUT2D eigenvalue weighted by atomic mass is 10.2. The molecule has 0 aliphatic rings. The van der Waals surface area contributed by atoms with Crippen LogP contribution in [0.2, 0.25) is 4.47 Å². The average Bonchev–Trinajstić information content (AvgIpc) is 2.73. The van der Waals surface area contributed by atoms with Gasteiger partial charge in [0.2, 0.25) is 0 Å². The molecule has 0 bridgehead atoms. The zero-order valence-corrected chi connectivity index (χ0v) is 9.85. The van der Waals surface area contributed by atoms with Crippen molar-refractivity contribution in [1.82, 2.24) is 4.98 Å². The predicted octanol–water partition coefficient (Wildman–Crippen LogP) is 3.28. The molecule has 1 aromatic carbocycles. The van der Waals surface area contributed by atoms with Gasteiger partial charge in [-0.1, -0.05) is 17.7 Å². The lowest BCUT2D eigenvalue weighted by Gasteiger charge is -2.03. The van der Waals surface area contributed by atoms with Gasteiger partial charge < -0.3 is 5.32 Å². The van der Waals surface area contributed by atoms with Gasteiger partial charge in [-0.3, -0.25) is 0 Å². The van der Waals surface area contributed by atoms with Crippen LogP contribution in [0.4, 0.5) is 5.69 Å². The molecule has 0 atom stereocenters. The molecule has 0 aliphatic heterocycles. The number of anilines is 1. The summed E-state index contributed by atoms with van der Waals surface area (Å²) in [5, 5.41) is 12.0. The fourth-order valence-electron chi connectivity index (χ4n) is 1.25. The third kappa shape index (κ3) is 2.72. The third-order valence-electron chi connectivity index (χ3n) is 1.98. The summed E-state index contributed by atoms with van der Waals surface area (Å²) >= 11 is 7.17. The lowest BCUT2D eigenvalue weighted by molar-refractivity contribution is 1.17. The van der Waals surface area contributed by atoms with E-state index in [1.54, 1.807) is 12.3 Å². The van der Waals surface area contributed by atoms with E-state index >= 15 is 0 Å². The Bertz CT molecular complexity index is 530. The molecule has 1 N–H and O–H groups in total. The highest BCUT2D eigenvalue weighted by atomic mass is 35.5. The van der Waals surface area contributed by atoms with Crippen molar-refractivity contribution in [2.45, 2.75) is 6.54 Å². The van der Waals surface area contributed by atoms with Crippen LogP contribution in [0.3, 0.4) is 0 Å². The van der Waals surface area contributed by atoms with E-state index in [4.69, 9.17) is 16.9 Å². The summed E-state index contributed by atoms with van der Waals surface area (Å²) in [6.07, 6.45) is 1.74. The Kier molecular flexibility index (Phi) is 3.40. The van der Waals surface area contributed by atoms with Gasteiger partial charge in [0.05, 0.1) is 18.2 Å². The number of halogens is 1. The fourth-order valence-corrected chi connectivity index (χ4v) is 2.17. The van der Waals surface area contributed by atoms with Gasteiger partial charge in [-0.25, -0.2) is 4.98 Å². The van der Waals surface area contributed by atoms with Gasteiger partial charge in [0.25, 0.3) is 0 Å². The van der Waals surface area contributed by atoms with Crippen molar-refractivity contribution in [1.29, 1.82) is 5.26 Å². The molecular weight excluding hydrogens is 242 g/mol. The highest BCUT2D eigenvalue weighted by Gasteiger charge is 1.99. The number of hydrogen-bond donors (Lipinski definition) is 1. The first kappa shape index (κ1) is 10.9. The van der Waals surface area contributed by atoms with E-state index in [1.165, 1.54) is 11.3 Å². The maximum atomic E-state index is 8.75. The van der Waals surface area contributed by atoms with E-state index in [2.05, 4.69) is 16.4 Å². The minimum atomic E-state index is 0.544. The van der Waals surface area contributed by atoms with Crippen LogP contribution >= 0.6 is 22.9 Å². The summed E-state index contributed by atoms with van der Waals surface area (Å²) in [5.41, 5.74) is 1.57. The van der Waals surface area contributed by atoms with Crippen LogP contribution in [0.5, 0.6) is 0 Å². The number of rotatable bonds is 3. The number of hydrogen-bond acceptors (Lipinski definition) is 4. The third-order valence-corrected chi connectivity index (χ3v) is 3.10. The summed E-state index contributed by atoms with van der Waals surface area (Å²) in [4.78, 5) is 5.02. The van der Waals surface area contributed by atoms with Gasteiger partial charge in [0, 0.05) is 16.8 Å². The summed E-state index contributed by atoms with van der Waals surface area (Å²) in [7, 11) is 0. The van der Waals surface area contributed by atoms with Gasteiger partial charge >= 0.3 is 0 Å². The molecule has 5 heteroatoms. The molecule has 1 heterocycles. The molecule has 2 rings (SSSR count). The van der Waals surface area contributed by atoms with Crippen molar-refractivity contribution in [2.24, 2.45) is 0 Å². The summed E-state index contributed by atoms with van der Waals surface area (Å²) in [6.45, 7) is 0.666. The molecule has 16 heavy (non-hydrogen) atoms. The molecule has 0 radical (unpaired) electrons. The Morgan fingerprint density at radius 2 is 2.38 bits per heavy atom. The molecule has 0 unspecified atom stereocenters. The largest absolute Gasteiger partial charge is 0.380 e. The van der Waals surface area contributed by atoms with E-state index in [1.807, 2.05) is 18.2 Å². The zero-order chi connectivity index (χ0) is 11.4. The predicted molar refractivity (Wildman–Crippen MR) is 65.6 cm³/mol. The molecule has 0 spiro atoms. The van der Waals surface area contributed by atoms with Crippen molar-refractivity contribution in [3.63, 3.8) is 0 Å². The second-order valence-corrected chi connectivity index (χ2v) is 4.82. The van der Waals surface area contributed by atoms with Gasteiger partial charge in [-0.05, 0) is 18.2 Å². The topological polar surface area (TPSA) is 48.7 Å². The maximum absolute atomic E-state index is 8.75. The van der Waals surface area contributed by atoms with E-state index in [-0.39, 0.29) is 0 Å². The van der Waals surface area contributed by atoms with Crippen LogP contribution in [-0.4, -0.2) is 4.98 Å². The highest BCUT2D eigenvalue weighted by Crippen LogP contribution is 2.19. The van der Waals surface area contributed by atoms with Gasteiger partial charge in [0.1, 0.15) is 0 Å². The highest BCUT2D eigenvalue weighted by molar-refractivity contribution is 7.15. The molecule has 80 valence electrons. The summed E-state index contributed by atoms with van der Waals surface area (Å²) in [6, 6.07) is 9.45. The Morgan fingerprint density at radius 1 is 1.50 bits per heavy atom. The van der Waals surface area contributed by atoms with Gasteiger partial charge in [-0.15, -0.1) is 11.3 Å². The summed E-state index contributed by atoms with van der Waals surface area (Å²) < 4.78 is 0.544. The van der Waals surface area contributed by atoms with E-state index in [9.17, 15) is 0 Å². The smallest absolute Gasteiger partial charge is 0.183 e. The Morgan fingerprint density at radius 3 is 3.06 bits per heavy atom. The van der Waals surface area contributed by atoms with Crippen molar-refractivity contribution < 1.29 is 0 Å². The van der Waals surface area contributed by atoms with Crippen LogP contribution in [0.15, 0.2) is 30.5 Å². The average molecular weight is 250 g/mol. The van der Waals surface area contributed by atoms with Crippen LogP contribution in [0.1, 0.15) is 10.4 Å². The SMILES string of the molecule is N#Cc1cccc(NCc2cnc(Cl)s2)c1. The molecule has 0 amide bonds. The van der Waals surface area contributed by atoms with E-state index in [0.29, 0.717) is 16.6 Å². The standard InChI is InChI=1S/C11H8ClN3S/c12-11-15-7-10(16-11)6-14-9-3-1-2-8(4-9)5-13/h1-4,7,14H,6H2. The molecule has 0 fully saturated rings. The Labute approximate surface area is 102 Å². The molecule has 1 aromatic heterocycles. The number of nitrogens with one attached hydrogen (secondary N) is 1. The molecule has 2 aromatic rings. The zero-order valence-electron chi connectivity index (χ0n) is 8.27. The first-order chi connectivity index (χ1) is 7.78.